The standard InChI is InChI=1S/C16H24N2O4/c1-3-4-6-11-14(19)22-12(2)15(20)18-16(21)17-13-9-7-5-8-10-13/h3-4,6,11-13H,5,7-10H2,1-2H3,(H2,17,18,20,21)/b4-3+,11-6+/t12-/m0/s1. The Morgan fingerprint density at radius 2 is 1.82 bits per heavy atom. The first-order valence-corrected chi connectivity index (χ1v) is 7.64. The Hall–Kier alpha value is -2.11. The molecule has 1 saturated carbocycles. The number of rotatable bonds is 5. The Morgan fingerprint density at radius 1 is 1.14 bits per heavy atom. The molecular formula is C16H24N2O4. The first-order chi connectivity index (χ1) is 10.5. The Labute approximate surface area is 131 Å². The number of hydrogen-bond acceptors (Lipinski definition) is 4. The predicted octanol–water partition coefficient (Wildman–Crippen LogP) is 2.21. The zero-order valence-electron chi connectivity index (χ0n) is 13.1. The summed E-state index contributed by atoms with van der Waals surface area (Å²) in [5.41, 5.74) is 0. The van der Waals surface area contributed by atoms with Gasteiger partial charge in [0.25, 0.3) is 5.91 Å². The maximum Gasteiger partial charge on any atom is 0.331 e. The molecule has 1 fully saturated rings. The van der Waals surface area contributed by atoms with Crippen molar-refractivity contribution in [2.24, 2.45) is 0 Å². The average molecular weight is 308 g/mol. The van der Waals surface area contributed by atoms with Crippen molar-refractivity contribution in [2.75, 3.05) is 0 Å². The van der Waals surface area contributed by atoms with Crippen molar-refractivity contribution in [2.45, 2.75) is 58.1 Å². The fourth-order valence-electron chi connectivity index (χ4n) is 2.19. The molecule has 0 radical (unpaired) electrons. The van der Waals surface area contributed by atoms with E-state index < -0.39 is 24.0 Å². The number of carbonyl (C=O) groups is 3. The minimum absolute atomic E-state index is 0.114. The van der Waals surface area contributed by atoms with Crippen LogP contribution in [0.15, 0.2) is 24.3 Å². The molecule has 0 unspecified atom stereocenters. The molecule has 0 aliphatic heterocycles. The van der Waals surface area contributed by atoms with Crippen molar-refractivity contribution in [3.63, 3.8) is 0 Å². The Balaban J connectivity index is 2.33. The van der Waals surface area contributed by atoms with E-state index in [2.05, 4.69) is 10.6 Å². The fourth-order valence-corrected chi connectivity index (χ4v) is 2.19. The number of carbonyl (C=O) groups excluding carboxylic acids is 3. The summed E-state index contributed by atoms with van der Waals surface area (Å²) in [6, 6.07) is -0.424. The zero-order valence-corrected chi connectivity index (χ0v) is 13.1. The van der Waals surface area contributed by atoms with Gasteiger partial charge in [0.2, 0.25) is 0 Å². The lowest BCUT2D eigenvalue weighted by molar-refractivity contribution is -0.149. The van der Waals surface area contributed by atoms with Crippen LogP contribution in [0.4, 0.5) is 4.79 Å². The molecule has 0 spiro atoms. The topological polar surface area (TPSA) is 84.5 Å². The number of nitrogens with one attached hydrogen (secondary N) is 2. The van der Waals surface area contributed by atoms with Crippen molar-refractivity contribution in [3.05, 3.63) is 24.3 Å². The van der Waals surface area contributed by atoms with E-state index >= 15 is 0 Å². The summed E-state index contributed by atoms with van der Waals surface area (Å²) in [5, 5.41) is 4.96. The average Bonchev–Trinajstić information content (AvgIpc) is 2.48. The van der Waals surface area contributed by atoms with Gasteiger partial charge >= 0.3 is 12.0 Å². The molecule has 3 amide bonds. The van der Waals surface area contributed by atoms with Crippen LogP contribution in [0.5, 0.6) is 0 Å². The molecule has 0 saturated heterocycles. The predicted molar refractivity (Wildman–Crippen MR) is 83.1 cm³/mol. The Kier molecular flexibility index (Phi) is 7.96. The molecule has 0 aromatic carbocycles. The van der Waals surface area contributed by atoms with E-state index in [4.69, 9.17) is 4.74 Å². The van der Waals surface area contributed by atoms with Gasteiger partial charge in [-0.15, -0.1) is 0 Å². The lowest BCUT2D eigenvalue weighted by atomic mass is 9.96. The molecule has 122 valence electrons. The molecular weight excluding hydrogens is 284 g/mol. The van der Waals surface area contributed by atoms with Gasteiger partial charge in [-0.05, 0) is 26.7 Å². The van der Waals surface area contributed by atoms with Crippen molar-refractivity contribution < 1.29 is 19.1 Å². The van der Waals surface area contributed by atoms with Crippen molar-refractivity contribution in [3.8, 4) is 0 Å². The molecule has 1 aliphatic rings. The van der Waals surface area contributed by atoms with Crippen LogP contribution < -0.4 is 10.6 Å². The van der Waals surface area contributed by atoms with Crippen LogP contribution in [0.1, 0.15) is 46.0 Å². The molecule has 6 heteroatoms. The van der Waals surface area contributed by atoms with Gasteiger partial charge < -0.3 is 10.1 Å². The fraction of sp³-hybridized carbons (Fsp3) is 0.562. The van der Waals surface area contributed by atoms with Crippen LogP contribution in [0.2, 0.25) is 0 Å². The summed E-state index contributed by atoms with van der Waals surface area (Å²) >= 11 is 0. The molecule has 1 atom stereocenters. The molecule has 0 aromatic heterocycles. The normalized spacial score (nSPS) is 17.4. The number of allylic oxidation sites excluding steroid dienone is 3. The molecule has 1 aliphatic carbocycles. The van der Waals surface area contributed by atoms with Gasteiger partial charge in [-0.1, -0.05) is 37.5 Å². The van der Waals surface area contributed by atoms with E-state index in [1.54, 1.807) is 12.2 Å². The Morgan fingerprint density at radius 3 is 2.45 bits per heavy atom. The van der Waals surface area contributed by atoms with E-state index in [9.17, 15) is 14.4 Å². The van der Waals surface area contributed by atoms with E-state index in [1.807, 2.05) is 6.92 Å². The van der Waals surface area contributed by atoms with Crippen LogP contribution in [0, 0.1) is 0 Å². The summed E-state index contributed by atoms with van der Waals surface area (Å²) in [5.74, 6) is -1.27. The summed E-state index contributed by atoms with van der Waals surface area (Å²) in [6.07, 6.45) is 10.4. The SMILES string of the molecule is C/C=C/C=C/C(=O)O[C@@H](C)C(=O)NC(=O)NC1CCCCC1. The van der Waals surface area contributed by atoms with Crippen LogP contribution >= 0.6 is 0 Å². The molecule has 22 heavy (non-hydrogen) atoms. The minimum Gasteiger partial charge on any atom is -0.449 e. The maximum atomic E-state index is 11.8. The Bertz CT molecular complexity index is 451. The first-order valence-electron chi connectivity index (χ1n) is 7.64. The molecule has 6 nitrogen and oxygen atoms in total. The maximum absolute atomic E-state index is 11.8. The summed E-state index contributed by atoms with van der Waals surface area (Å²) in [7, 11) is 0. The highest BCUT2D eigenvalue weighted by Gasteiger charge is 2.21. The van der Waals surface area contributed by atoms with E-state index in [-0.39, 0.29) is 6.04 Å². The molecule has 0 bridgehead atoms. The number of hydrogen-bond donors (Lipinski definition) is 2. The van der Waals surface area contributed by atoms with Crippen LogP contribution in [0.25, 0.3) is 0 Å². The second-order valence-corrected chi connectivity index (χ2v) is 5.26. The number of amides is 3. The van der Waals surface area contributed by atoms with Gasteiger partial charge in [-0.2, -0.15) is 0 Å². The third-order valence-corrected chi connectivity index (χ3v) is 3.38. The number of esters is 1. The van der Waals surface area contributed by atoms with Gasteiger partial charge in [-0.25, -0.2) is 9.59 Å². The minimum atomic E-state index is -1.03. The number of ether oxygens (including phenoxy) is 1. The second kappa shape index (κ2) is 9.76. The van der Waals surface area contributed by atoms with Gasteiger partial charge in [0.1, 0.15) is 0 Å². The monoisotopic (exact) mass is 308 g/mol. The van der Waals surface area contributed by atoms with Crippen LogP contribution in [0.3, 0.4) is 0 Å². The third-order valence-electron chi connectivity index (χ3n) is 3.38. The largest absolute Gasteiger partial charge is 0.449 e. The quantitative estimate of drug-likeness (QED) is 0.463. The van der Waals surface area contributed by atoms with Crippen LogP contribution in [-0.2, 0) is 14.3 Å². The molecule has 0 heterocycles. The highest BCUT2D eigenvalue weighted by Crippen LogP contribution is 2.17. The van der Waals surface area contributed by atoms with Crippen LogP contribution in [-0.4, -0.2) is 30.1 Å². The second-order valence-electron chi connectivity index (χ2n) is 5.26. The first kappa shape index (κ1) is 17.9. The van der Waals surface area contributed by atoms with Crippen molar-refractivity contribution in [1.82, 2.24) is 10.6 Å². The smallest absolute Gasteiger partial charge is 0.331 e. The molecule has 2 N–H and O–H groups in total. The van der Waals surface area contributed by atoms with E-state index in [0.717, 1.165) is 25.7 Å². The van der Waals surface area contributed by atoms with Crippen molar-refractivity contribution in [1.29, 1.82) is 0 Å². The van der Waals surface area contributed by atoms with Gasteiger partial charge in [0, 0.05) is 12.1 Å². The molecule has 1 rings (SSSR count). The third kappa shape index (κ3) is 7.06. The number of urea groups is 1. The highest BCUT2D eigenvalue weighted by molar-refractivity contribution is 5.97. The van der Waals surface area contributed by atoms with E-state index in [1.165, 1.54) is 25.5 Å². The van der Waals surface area contributed by atoms with Gasteiger partial charge in [0.15, 0.2) is 6.10 Å². The lowest BCUT2D eigenvalue weighted by Crippen LogP contribution is -2.48. The van der Waals surface area contributed by atoms with Gasteiger partial charge in [-0.3, -0.25) is 10.1 Å². The highest BCUT2D eigenvalue weighted by atomic mass is 16.5. The van der Waals surface area contributed by atoms with Gasteiger partial charge in [0.05, 0.1) is 0 Å². The zero-order chi connectivity index (χ0) is 16.4. The van der Waals surface area contributed by atoms with E-state index in [0.29, 0.717) is 0 Å². The van der Waals surface area contributed by atoms with Crippen molar-refractivity contribution >= 4 is 17.9 Å². The molecule has 0 aromatic rings. The summed E-state index contributed by atoms with van der Waals surface area (Å²) in [4.78, 5) is 34.9. The summed E-state index contributed by atoms with van der Waals surface area (Å²) in [6.45, 7) is 3.24. The lowest BCUT2D eigenvalue weighted by Gasteiger charge is -2.23. The number of imide groups is 1. The summed E-state index contributed by atoms with van der Waals surface area (Å²) < 4.78 is 4.90.